The maximum Gasteiger partial charge on any atom is 0.140 e. The van der Waals surface area contributed by atoms with Crippen LogP contribution in [0.25, 0.3) is 11.0 Å². The molecule has 0 amide bonds. The highest BCUT2D eigenvalue weighted by Crippen LogP contribution is 2.30. The molecule has 0 aliphatic carbocycles. The third kappa shape index (κ3) is 2.56. The molecule has 0 spiro atoms. The molecule has 0 radical (unpaired) electrons. The van der Waals surface area contributed by atoms with E-state index in [2.05, 4.69) is 41.4 Å². The predicted octanol–water partition coefficient (Wildman–Crippen LogP) is 2.97. The summed E-state index contributed by atoms with van der Waals surface area (Å²) < 4.78 is 7.82. The SMILES string of the molecule is CCc1c(C(C)NCc2ncnn2C)oc2ccccc12. The van der Waals surface area contributed by atoms with Crippen molar-refractivity contribution >= 4 is 11.0 Å². The second kappa shape index (κ2) is 5.69. The largest absolute Gasteiger partial charge is 0.459 e. The van der Waals surface area contributed by atoms with Crippen LogP contribution in [0.4, 0.5) is 0 Å². The highest BCUT2D eigenvalue weighted by atomic mass is 16.3. The number of rotatable bonds is 5. The van der Waals surface area contributed by atoms with Gasteiger partial charge in [-0.15, -0.1) is 0 Å². The number of benzene rings is 1. The number of aryl methyl sites for hydroxylation is 2. The summed E-state index contributed by atoms with van der Waals surface area (Å²) in [5.41, 5.74) is 2.24. The number of aromatic nitrogens is 3. The molecule has 0 fully saturated rings. The van der Waals surface area contributed by atoms with Gasteiger partial charge >= 0.3 is 0 Å². The Kier molecular flexibility index (Phi) is 3.75. The molecule has 5 nitrogen and oxygen atoms in total. The lowest BCUT2D eigenvalue weighted by atomic mass is 10.1. The molecule has 0 bridgehead atoms. The summed E-state index contributed by atoms with van der Waals surface area (Å²) in [6.07, 6.45) is 2.53. The van der Waals surface area contributed by atoms with Gasteiger partial charge in [-0.25, -0.2) is 4.98 Å². The monoisotopic (exact) mass is 284 g/mol. The summed E-state index contributed by atoms with van der Waals surface area (Å²) >= 11 is 0. The molecule has 3 rings (SSSR count). The molecular formula is C16H20N4O. The molecule has 0 saturated carbocycles. The number of para-hydroxylation sites is 1. The predicted molar refractivity (Wildman–Crippen MR) is 81.8 cm³/mol. The van der Waals surface area contributed by atoms with E-state index in [1.165, 1.54) is 10.9 Å². The second-order valence-electron chi connectivity index (χ2n) is 5.20. The smallest absolute Gasteiger partial charge is 0.140 e. The first-order valence-corrected chi connectivity index (χ1v) is 7.27. The van der Waals surface area contributed by atoms with Gasteiger partial charge in [0.25, 0.3) is 0 Å². The molecule has 2 heterocycles. The van der Waals surface area contributed by atoms with Gasteiger partial charge in [-0.3, -0.25) is 4.68 Å². The van der Waals surface area contributed by atoms with Gasteiger partial charge in [0.05, 0.1) is 12.6 Å². The van der Waals surface area contributed by atoms with Crippen LogP contribution in [-0.2, 0) is 20.0 Å². The summed E-state index contributed by atoms with van der Waals surface area (Å²) in [5, 5.41) is 8.75. The van der Waals surface area contributed by atoms with E-state index >= 15 is 0 Å². The van der Waals surface area contributed by atoms with Gasteiger partial charge in [-0.05, 0) is 19.4 Å². The highest BCUT2D eigenvalue weighted by Gasteiger charge is 2.18. The van der Waals surface area contributed by atoms with E-state index in [1.54, 1.807) is 11.0 Å². The van der Waals surface area contributed by atoms with Gasteiger partial charge in [0.1, 0.15) is 23.5 Å². The Labute approximate surface area is 124 Å². The molecule has 5 heteroatoms. The van der Waals surface area contributed by atoms with Gasteiger partial charge in [0.15, 0.2) is 0 Å². The van der Waals surface area contributed by atoms with E-state index in [1.807, 2.05) is 19.2 Å². The Balaban J connectivity index is 1.84. The van der Waals surface area contributed by atoms with Gasteiger partial charge in [0.2, 0.25) is 0 Å². The van der Waals surface area contributed by atoms with Crippen molar-refractivity contribution < 1.29 is 4.42 Å². The summed E-state index contributed by atoms with van der Waals surface area (Å²) in [6.45, 7) is 4.95. The summed E-state index contributed by atoms with van der Waals surface area (Å²) in [7, 11) is 1.90. The third-order valence-electron chi connectivity index (χ3n) is 3.85. The van der Waals surface area contributed by atoms with Gasteiger partial charge in [-0.1, -0.05) is 25.1 Å². The minimum absolute atomic E-state index is 0.129. The minimum Gasteiger partial charge on any atom is -0.459 e. The van der Waals surface area contributed by atoms with Crippen molar-refractivity contribution in [1.29, 1.82) is 0 Å². The number of hydrogen-bond acceptors (Lipinski definition) is 4. The molecule has 1 N–H and O–H groups in total. The molecule has 21 heavy (non-hydrogen) atoms. The Morgan fingerprint density at radius 1 is 1.33 bits per heavy atom. The molecule has 1 unspecified atom stereocenters. The first kappa shape index (κ1) is 13.8. The lowest BCUT2D eigenvalue weighted by molar-refractivity contribution is 0.438. The summed E-state index contributed by atoms with van der Waals surface area (Å²) in [5.74, 6) is 1.93. The van der Waals surface area contributed by atoms with Crippen molar-refractivity contribution in [2.45, 2.75) is 32.9 Å². The van der Waals surface area contributed by atoms with Crippen LogP contribution in [0.15, 0.2) is 35.0 Å². The second-order valence-corrected chi connectivity index (χ2v) is 5.20. The maximum absolute atomic E-state index is 6.05. The zero-order chi connectivity index (χ0) is 14.8. The standard InChI is InChI=1S/C16H20N4O/c1-4-12-13-7-5-6-8-14(13)21-16(12)11(2)17-9-15-18-10-19-20(15)3/h5-8,10-11,17H,4,9H2,1-3H3. The molecular weight excluding hydrogens is 264 g/mol. The highest BCUT2D eigenvalue weighted by molar-refractivity contribution is 5.82. The maximum atomic E-state index is 6.05. The van der Waals surface area contributed by atoms with Crippen LogP contribution in [-0.4, -0.2) is 14.8 Å². The molecule has 0 aliphatic rings. The van der Waals surface area contributed by atoms with E-state index in [0.717, 1.165) is 23.6 Å². The van der Waals surface area contributed by atoms with Crippen LogP contribution in [0, 0.1) is 0 Å². The average molecular weight is 284 g/mol. The lowest BCUT2D eigenvalue weighted by Crippen LogP contribution is -2.20. The summed E-state index contributed by atoms with van der Waals surface area (Å²) in [4.78, 5) is 4.23. The fourth-order valence-electron chi connectivity index (χ4n) is 2.65. The first-order valence-electron chi connectivity index (χ1n) is 7.27. The third-order valence-corrected chi connectivity index (χ3v) is 3.85. The molecule has 0 saturated heterocycles. The molecule has 3 aromatic rings. The van der Waals surface area contributed by atoms with Gasteiger partial charge in [-0.2, -0.15) is 5.10 Å². The van der Waals surface area contributed by atoms with Crippen molar-refractivity contribution in [3.05, 3.63) is 47.7 Å². The number of furan rings is 1. The summed E-state index contributed by atoms with van der Waals surface area (Å²) in [6, 6.07) is 8.33. The molecule has 0 aliphatic heterocycles. The quantitative estimate of drug-likeness (QED) is 0.782. The Hall–Kier alpha value is -2.14. The lowest BCUT2D eigenvalue weighted by Gasteiger charge is -2.12. The average Bonchev–Trinajstić information content (AvgIpc) is 3.07. The van der Waals surface area contributed by atoms with Crippen molar-refractivity contribution in [3.63, 3.8) is 0 Å². The Bertz CT molecular complexity index is 744. The molecule has 1 aromatic carbocycles. The number of nitrogens with zero attached hydrogens (tertiary/aromatic N) is 3. The first-order chi connectivity index (χ1) is 10.2. The van der Waals surface area contributed by atoms with Crippen LogP contribution >= 0.6 is 0 Å². The molecule has 110 valence electrons. The van der Waals surface area contributed by atoms with E-state index in [-0.39, 0.29) is 6.04 Å². The minimum atomic E-state index is 0.129. The zero-order valence-electron chi connectivity index (χ0n) is 12.6. The van der Waals surface area contributed by atoms with Crippen LogP contribution in [0.1, 0.15) is 37.0 Å². The van der Waals surface area contributed by atoms with Crippen LogP contribution in [0.2, 0.25) is 0 Å². The normalized spacial score (nSPS) is 12.9. The molecule has 2 aromatic heterocycles. The molecule has 1 atom stereocenters. The fourth-order valence-corrected chi connectivity index (χ4v) is 2.65. The van der Waals surface area contributed by atoms with Gasteiger partial charge < -0.3 is 9.73 Å². The van der Waals surface area contributed by atoms with Crippen LogP contribution < -0.4 is 5.32 Å². The number of hydrogen-bond donors (Lipinski definition) is 1. The zero-order valence-corrected chi connectivity index (χ0v) is 12.6. The van der Waals surface area contributed by atoms with Crippen molar-refractivity contribution in [3.8, 4) is 0 Å². The Morgan fingerprint density at radius 3 is 2.86 bits per heavy atom. The van der Waals surface area contributed by atoms with Crippen molar-refractivity contribution in [2.24, 2.45) is 7.05 Å². The van der Waals surface area contributed by atoms with E-state index < -0.39 is 0 Å². The fraction of sp³-hybridized carbons (Fsp3) is 0.375. The number of nitrogens with one attached hydrogen (secondary N) is 1. The number of fused-ring (bicyclic) bond motifs is 1. The van der Waals surface area contributed by atoms with Crippen LogP contribution in [0.5, 0.6) is 0 Å². The van der Waals surface area contributed by atoms with Crippen LogP contribution in [0.3, 0.4) is 0 Å². The Morgan fingerprint density at radius 2 is 2.14 bits per heavy atom. The van der Waals surface area contributed by atoms with Crippen molar-refractivity contribution in [2.75, 3.05) is 0 Å². The van der Waals surface area contributed by atoms with Crippen molar-refractivity contribution in [1.82, 2.24) is 20.1 Å². The topological polar surface area (TPSA) is 55.9 Å². The van der Waals surface area contributed by atoms with E-state index in [0.29, 0.717) is 6.54 Å². The van der Waals surface area contributed by atoms with E-state index in [9.17, 15) is 0 Å². The van der Waals surface area contributed by atoms with E-state index in [4.69, 9.17) is 4.42 Å². The van der Waals surface area contributed by atoms with Gasteiger partial charge in [0, 0.05) is 18.0 Å².